The Balaban J connectivity index is 2.08. The van der Waals surface area contributed by atoms with Gasteiger partial charge in [-0.15, -0.1) is 11.3 Å². The summed E-state index contributed by atoms with van der Waals surface area (Å²) in [7, 11) is 0. The van der Waals surface area contributed by atoms with E-state index in [1.807, 2.05) is 30.3 Å². The summed E-state index contributed by atoms with van der Waals surface area (Å²) in [4.78, 5) is 15.0. The molecular formula is C16H18N2OS2. The third-order valence-corrected chi connectivity index (χ3v) is 4.72. The van der Waals surface area contributed by atoms with Crippen molar-refractivity contribution in [3.8, 4) is 0 Å². The Labute approximate surface area is 134 Å². The van der Waals surface area contributed by atoms with Gasteiger partial charge >= 0.3 is 0 Å². The number of aryl methyl sites for hydroxylation is 2. The number of carbonyl (C=O) groups excluding carboxylic acids is 1. The van der Waals surface area contributed by atoms with E-state index in [0.29, 0.717) is 6.54 Å². The number of thiophene rings is 1. The molecule has 0 bridgehead atoms. The number of rotatable bonds is 5. The van der Waals surface area contributed by atoms with E-state index >= 15 is 0 Å². The first-order valence-corrected chi connectivity index (χ1v) is 7.89. The first-order chi connectivity index (χ1) is 9.99. The van der Waals surface area contributed by atoms with Crippen molar-refractivity contribution in [3.63, 3.8) is 0 Å². The van der Waals surface area contributed by atoms with Crippen molar-refractivity contribution in [1.29, 1.82) is 0 Å². The van der Waals surface area contributed by atoms with Crippen LogP contribution < -0.4 is 11.1 Å². The van der Waals surface area contributed by atoms with Crippen LogP contribution in [0.5, 0.6) is 0 Å². The lowest BCUT2D eigenvalue weighted by Gasteiger charge is -2.15. The zero-order chi connectivity index (χ0) is 15.4. The molecule has 21 heavy (non-hydrogen) atoms. The molecule has 110 valence electrons. The third kappa shape index (κ3) is 3.89. The normalized spacial score (nSPS) is 11.9. The number of nitrogens with one attached hydrogen (secondary N) is 1. The largest absolute Gasteiger partial charge is 0.392 e. The number of amides is 1. The molecule has 0 saturated heterocycles. The summed E-state index contributed by atoms with van der Waals surface area (Å²) in [5, 5.41) is 2.92. The van der Waals surface area contributed by atoms with Crippen molar-refractivity contribution < 1.29 is 4.79 Å². The van der Waals surface area contributed by atoms with Gasteiger partial charge in [0.1, 0.15) is 5.92 Å². The lowest BCUT2D eigenvalue weighted by atomic mass is 9.98. The van der Waals surface area contributed by atoms with Gasteiger partial charge in [0.25, 0.3) is 0 Å². The van der Waals surface area contributed by atoms with Crippen LogP contribution in [0.4, 0.5) is 0 Å². The highest BCUT2D eigenvalue weighted by atomic mass is 32.1. The maximum absolute atomic E-state index is 12.4. The van der Waals surface area contributed by atoms with Crippen LogP contribution >= 0.6 is 23.6 Å². The lowest BCUT2D eigenvalue weighted by Crippen LogP contribution is -2.35. The minimum Gasteiger partial charge on any atom is -0.392 e. The molecular weight excluding hydrogens is 300 g/mol. The fourth-order valence-corrected chi connectivity index (χ4v) is 3.34. The average Bonchev–Trinajstić information content (AvgIpc) is 2.76. The molecule has 1 unspecified atom stereocenters. The molecule has 3 nitrogen and oxygen atoms in total. The summed E-state index contributed by atoms with van der Waals surface area (Å²) in [5.41, 5.74) is 7.81. The second-order valence-electron chi connectivity index (χ2n) is 4.92. The van der Waals surface area contributed by atoms with Crippen molar-refractivity contribution in [2.45, 2.75) is 26.3 Å². The first kappa shape index (κ1) is 15.7. The van der Waals surface area contributed by atoms with E-state index in [1.165, 1.54) is 10.4 Å². The molecule has 0 saturated carbocycles. The van der Waals surface area contributed by atoms with Crippen LogP contribution in [0.25, 0.3) is 0 Å². The second-order valence-corrected chi connectivity index (χ2v) is 6.73. The van der Waals surface area contributed by atoms with Gasteiger partial charge in [-0.25, -0.2) is 0 Å². The SMILES string of the molecule is Cc1cc(CNC(=O)C(C(N)=S)c2ccccc2)sc1C. The smallest absolute Gasteiger partial charge is 0.234 e. The minimum atomic E-state index is -0.580. The number of hydrogen-bond acceptors (Lipinski definition) is 3. The zero-order valence-corrected chi connectivity index (χ0v) is 13.7. The Morgan fingerprint density at radius 1 is 1.33 bits per heavy atom. The molecule has 1 aromatic heterocycles. The lowest BCUT2D eigenvalue weighted by molar-refractivity contribution is -0.121. The molecule has 1 amide bonds. The Kier molecular flexibility index (Phi) is 5.09. The van der Waals surface area contributed by atoms with Gasteiger partial charge in [-0.3, -0.25) is 4.79 Å². The zero-order valence-electron chi connectivity index (χ0n) is 12.1. The Morgan fingerprint density at radius 2 is 2.00 bits per heavy atom. The summed E-state index contributed by atoms with van der Waals surface area (Å²) >= 11 is 6.74. The van der Waals surface area contributed by atoms with E-state index in [2.05, 4.69) is 25.2 Å². The highest BCUT2D eigenvalue weighted by molar-refractivity contribution is 7.80. The molecule has 1 heterocycles. The Hall–Kier alpha value is -1.72. The summed E-state index contributed by atoms with van der Waals surface area (Å²) in [6.07, 6.45) is 0. The maximum Gasteiger partial charge on any atom is 0.234 e. The van der Waals surface area contributed by atoms with E-state index in [9.17, 15) is 4.79 Å². The number of nitrogens with two attached hydrogens (primary N) is 1. The van der Waals surface area contributed by atoms with Gasteiger partial charge in [-0.05, 0) is 31.0 Å². The molecule has 1 atom stereocenters. The fourth-order valence-electron chi connectivity index (χ4n) is 2.10. The van der Waals surface area contributed by atoms with Crippen LogP contribution in [0.1, 0.15) is 26.8 Å². The van der Waals surface area contributed by atoms with E-state index in [1.54, 1.807) is 11.3 Å². The molecule has 0 aliphatic carbocycles. The number of hydrogen-bond donors (Lipinski definition) is 2. The van der Waals surface area contributed by atoms with E-state index in [4.69, 9.17) is 18.0 Å². The van der Waals surface area contributed by atoms with Crippen molar-refractivity contribution in [1.82, 2.24) is 5.32 Å². The van der Waals surface area contributed by atoms with Crippen molar-refractivity contribution in [3.05, 3.63) is 57.3 Å². The van der Waals surface area contributed by atoms with Gasteiger partial charge < -0.3 is 11.1 Å². The van der Waals surface area contributed by atoms with Crippen LogP contribution in [-0.2, 0) is 11.3 Å². The van der Waals surface area contributed by atoms with Gasteiger partial charge in [-0.2, -0.15) is 0 Å². The molecule has 0 radical (unpaired) electrons. The number of benzene rings is 1. The molecule has 0 aliphatic rings. The predicted molar refractivity (Wildman–Crippen MR) is 91.6 cm³/mol. The summed E-state index contributed by atoms with van der Waals surface area (Å²) in [5.74, 6) is -0.735. The van der Waals surface area contributed by atoms with Crippen LogP contribution in [0.15, 0.2) is 36.4 Å². The van der Waals surface area contributed by atoms with Crippen LogP contribution in [-0.4, -0.2) is 10.9 Å². The fraction of sp³-hybridized carbons (Fsp3) is 0.250. The second kappa shape index (κ2) is 6.83. The topological polar surface area (TPSA) is 55.1 Å². The molecule has 0 aliphatic heterocycles. The molecule has 2 aromatic rings. The Morgan fingerprint density at radius 3 is 2.52 bits per heavy atom. The predicted octanol–water partition coefficient (Wildman–Crippen LogP) is 3.05. The third-order valence-electron chi connectivity index (χ3n) is 3.33. The quantitative estimate of drug-likeness (QED) is 0.833. The van der Waals surface area contributed by atoms with Gasteiger partial charge in [0, 0.05) is 9.75 Å². The van der Waals surface area contributed by atoms with Crippen LogP contribution in [0.3, 0.4) is 0 Å². The molecule has 1 aromatic carbocycles. The molecule has 2 rings (SSSR count). The maximum atomic E-state index is 12.4. The summed E-state index contributed by atoms with van der Waals surface area (Å²) < 4.78 is 0. The number of thiocarbonyl (C=S) groups is 1. The van der Waals surface area contributed by atoms with E-state index < -0.39 is 5.92 Å². The summed E-state index contributed by atoms with van der Waals surface area (Å²) in [6, 6.07) is 11.5. The average molecular weight is 318 g/mol. The molecule has 0 spiro atoms. The van der Waals surface area contributed by atoms with Crippen molar-refractivity contribution in [2.24, 2.45) is 5.73 Å². The summed E-state index contributed by atoms with van der Waals surface area (Å²) in [6.45, 7) is 4.65. The van der Waals surface area contributed by atoms with Gasteiger partial charge in [-0.1, -0.05) is 42.5 Å². The van der Waals surface area contributed by atoms with E-state index in [-0.39, 0.29) is 10.9 Å². The van der Waals surface area contributed by atoms with Crippen molar-refractivity contribution in [2.75, 3.05) is 0 Å². The molecule has 5 heteroatoms. The number of carbonyl (C=O) groups is 1. The molecule has 3 N–H and O–H groups in total. The van der Waals surface area contributed by atoms with Crippen LogP contribution in [0, 0.1) is 13.8 Å². The van der Waals surface area contributed by atoms with Crippen molar-refractivity contribution >= 4 is 34.5 Å². The minimum absolute atomic E-state index is 0.155. The monoisotopic (exact) mass is 318 g/mol. The van der Waals surface area contributed by atoms with Gasteiger partial charge in [0.2, 0.25) is 5.91 Å². The van der Waals surface area contributed by atoms with Gasteiger partial charge in [0.05, 0.1) is 11.5 Å². The highest BCUT2D eigenvalue weighted by Gasteiger charge is 2.23. The van der Waals surface area contributed by atoms with E-state index in [0.717, 1.165) is 10.4 Å². The Bertz CT molecular complexity index is 630. The van der Waals surface area contributed by atoms with Gasteiger partial charge in [0.15, 0.2) is 0 Å². The van der Waals surface area contributed by atoms with Crippen LogP contribution in [0.2, 0.25) is 0 Å². The first-order valence-electron chi connectivity index (χ1n) is 6.67. The molecule has 0 fully saturated rings. The standard InChI is InChI=1S/C16H18N2OS2/c1-10-8-13(21-11(10)2)9-18-16(19)14(15(17)20)12-6-4-3-5-7-12/h3-8,14H,9H2,1-2H3,(H2,17,20)(H,18,19). The highest BCUT2D eigenvalue weighted by Crippen LogP contribution is 2.21.